The standard InChI is InChI=1S/C21H23FN4O/c1-27-17-9-10-18-19(13-17)24-21(26-11-3-2-4-12-26)25-20(18)23-14-15-5-7-16(22)8-6-15/h5-10,13H,2-4,11-12,14H2,1H3,(H,23,24,25). The van der Waals surface area contributed by atoms with E-state index in [2.05, 4.69) is 10.2 Å². The van der Waals surface area contributed by atoms with E-state index in [0.717, 1.165) is 59.9 Å². The fraction of sp³-hybridized carbons (Fsp3) is 0.333. The number of halogens is 1. The van der Waals surface area contributed by atoms with Crippen LogP contribution >= 0.6 is 0 Å². The second-order valence-electron chi connectivity index (χ2n) is 6.78. The number of anilines is 2. The molecule has 1 aromatic heterocycles. The average molecular weight is 366 g/mol. The molecule has 2 heterocycles. The van der Waals surface area contributed by atoms with Crippen molar-refractivity contribution in [1.82, 2.24) is 9.97 Å². The third-order valence-electron chi connectivity index (χ3n) is 4.90. The van der Waals surface area contributed by atoms with Crippen molar-refractivity contribution in [3.05, 3.63) is 53.8 Å². The first-order valence-electron chi connectivity index (χ1n) is 9.32. The van der Waals surface area contributed by atoms with Crippen LogP contribution in [0.1, 0.15) is 24.8 Å². The first-order chi connectivity index (χ1) is 13.2. The van der Waals surface area contributed by atoms with E-state index in [1.54, 1.807) is 19.2 Å². The summed E-state index contributed by atoms with van der Waals surface area (Å²) in [7, 11) is 1.65. The van der Waals surface area contributed by atoms with Gasteiger partial charge in [0.15, 0.2) is 0 Å². The van der Waals surface area contributed by atoms with E-state index in [1.807, 2.05) is 18.2 Å². The highest BCUT2D eigenvalue weighted by Gasteiger charge is 2.16. The largest absolute Gasteiger partial charge is 0.497 e. The van der Waals surface area contributed by atoms with Crippen molar-refractivity contribution in [2.75, 3.05) is 30.4 Å². The number of nitrogens with zero attached hydrogens (tertiary/aromatic N) is 3. The Morgan fingerprint density at radius 2 is 1.81 bits per heavy atom. The van der Waals surface area contributed by atoms with E-state index < -0.39 is 0 Å². The molecule has 1 fully saturated rings. The normalized spacial score (nSPS) is 14.4. The van der Waals surface area contributed by atoms with Crippen LogP contribution in [0.3, 0.4) is 0 Å². The van der Waals surface area contributed by atoms with Gasteiger partial charge < -0.3 is 15.0 Å². The summed E-state index contributed by atoms with van der Waals surface area (Å²) in [6.07, 6.45) is 3.59. The summed E-state index contributed by atoms with van der Waals surface area (Å²) in [6.45, 7) is 2.53. The van der Waals surface area contributed by atoms with Crippen molar-refractivity contribution in [2.45, 2.75) is 25.8 Å². The Labute approximate surface area is 158 Å². The van der Waals surface area contributed by atoms with Crippen LogP contribution in [0.15, 0.2) is 42.5 Å². The van der Waals surface area contributed by atoms with Gasteiger partial charge in [0.1, 0.15) is 17.4 Å². The molecule has 0 radical (unpaired) electrons. The second-order valence-corrected chi connectivity index (χ2v) is 6.78. The predicted molar refractivity (Wildman–Crippen MR) is 106 cm³/mol. The maximum Gasteiger partial charge on any atom is 0.227 e. The summed E-state index contributed by atoms with van der Waals surface area (Å²) in [5.74, 6) is 2.07. The Morgan fingerprint density at radius 1 is 1.04 bits per heavy atom. The van der Waals surface area contributed by atoms with Crippen molar-refractivity contribution in [3.63, 3.8) is 0 Å². The first kappa shape index (κ1) is 17.5. The molecule has 27 heavy (non-hydrogen) atoms. The second kappa shape index (κ2) is 7.78. The van der Waals surface area contributed by atoms with E-state index in [-0.39, 0.29) is 5.82 Å². The summed E-state index contributed by atoms with van der Waals surface area (Å²) in [6, 6.07) is 12.3. The van der Waals surface area contributed by atoms with Gasteiger partial charge in [-0.05, 0) is 49.1 Å². The number of benzene rings is 2. The van der Waals surface area contributed by atoms with Crippen molar-refractivity contribution >= 4 is 22.7 Å². The Kier molecular flexibility index (Phi) is 5.05. The molecule has 0 unspecified atom stereocenters. The lowest BCUT2D eigenvalue weighted by Crippen LogP contribution is -2.31. The number of fused-ring (bicyclic) bond motifs is 1. The zero-order chi connectivity index (χ0) is 18.6. The fourth-order valence-electron chi connectivity index (χ4n) is 3.38. The first-order valence-corrected chi connectivity index (χ1v) is 9.32. The van der Waals surface area contributed by atoms with Crippen LogP contribution in [0.4, 0.5) is 16.2 Å². The molecule has 1 saturated heterocycles. The number of ether oxygens (including phenoxy) is 1. The molecule has 3 aromatic rings. The van der Waals surface area contributed by atoms with Gasteiger partial charge in [-0.2, -0.15) is 4.98 Å². The molecule has 1 aliphatic heterocycles. The smallest absolute Gasteiger partial charge is 0.227 e. The number of methoxy groups -OCH3 is 1. The molecule has 0 saturated carbocycles. The average Bonchev–Trinajstić information content (AvgIpc) is 2.73. The number of hydrogen-bond acceptors (Lipinski definition) is 5. The summed E-state index contributed by atoms with van der Waals surface area (Å²) in [5.41, 5.74) is 1.85. The Hall–Kier alpha value is -2.89. The lowest BCUT2D eigenvalue weighted by molar-refractivity contribution is 0.415. The lowest BCUT2D eigenvalue weighted by Gasteiger charge is -2.27. The molecule has 0 aliphatic carbocycles. The zero-order valence-electron chi connectivity index (χ0n) is 15.4. The summed E-state index contributed by atoms with van der Waals surface area (Å²) >= 11 is 0. The number of rotatable bonds is 5. The van der Waals surface area contributed by atoms with Crippen LogP contribution < -0.4 is 15.0 Å². The highest BCUT2D eigenvalue weighted by molar-refractivity contribution is 5.91. The molecule has 4 rings (SSSR count). The number of hydrogen-bond donors (Lipinski definition) is 1. The molecular weight excluding hydrogens is 343 g/mol. The van der Waals surface area contributed by atoms with Crippen LogP contribution in [0.25, 0.3) is 10.9 Å². The molecule has 0 spiro atoms. The van der Waals surface area contributed by atoms with Gasteiger partial charge in [-0.3, -0.25) is 0 Å². The van der Waals surface area contributed by atoms with Gasteiger partial charge >= 0.3 is 0 Å². The molecule has 140 valence electrons. The summed E-state index contributed by atoms with van der Waals surface area (Å²) in [5, 5.41) is 4.34. The predicted octanol–water partition coefficient (Wildman–Crippen LogP) is 4.38. The van der Waals surface area contributed by atoms with Gasteiger partial charge in [0.2, 0.25) is 5.95 Å². The highest BCUT2D eigenvalue weighted by atomic mass is 19.1. The van der Waals surface area contributed by atoms with Gasteiger partial charge in [-0.25, -0.2) is 9.37 Å². The SMILES string of the molecule is COc1ccc2c(NCc3ccc(F)cc3)nc(N3CCCCC3)nc2c1. The fourth-order valence-corrected chi connectivity index (χ4v) is 3.38. The zero-order valence-corrected chi connectivity index (χ0v) is 15.4. The van der Waals surface area contributed by atoms with E-state index >= 15 is 0 Å². The van der Waals surface area contributed by atoms with E-state index in [4.69, 9.17) is 14.7 Å². The Bertz CT molecular complexity index is 923. The summed E-state index contributed by atoms with van der Waals surface area (Å²) < 4.78 is 18.5. The Morgan fingerprint density at radius 3 is 2.56 bits per heavy atom. The van der Waals surface area contributed by atoms with Gasteiger partial charge in [0.25, 0.3) is 0 Å². The van der Waals surface area contributed by atoms with Crippen molar-refractivity contribution in [2.24, 2.45) is 0 Å². The molecule has 0 amide bonds. The van der Waals surface area contributed by atoms with E-state index in [0.29, 0.717) is 6.54 Å². The van der Waals surface area contributed by atoms with Crippen molar-refractivity contribution in [3.8, 4) is 5.75 Å². The number of aromatic nitrogens is 2. The maximum atomic E-state index is 13.1. The van der Waals surface area contributed by atoms with E-state index in [1.165, 1.54) is 18.6 Å². The van der Waals surface area contributed by atoms with Crippen LogP contribution in [0.5, 0.6) is 5.75 Å². The molecule has 5 nitrogen and oxygen atoms in total. The van der Waals surface area contributed by atoms with Crippen molar-refractivity contribution in [1.29, 1.82) is 0 Å². The monoisotopic (exact) mass is 366 g/mol. The molecule has 6 heteroatoms. The molecule has 0 bridgehead atoms. The van der Waals surface area contributed by atoms with Crippen LogP contribution in [0.2, 0.25) is 0 Å². The maximum absolute atomic E-state index is 13.1. The third kappa shape index (κ3) is 3.94. The molecular formula is C21H23FN4O. The van der Waals surface area contributed by atoms with Gasteiger partial charge in [0.05, 0.1) is 12.6 Å². The summed E-state index contributed by atoms with van der Waals surface area (Å²) in [4.78, 5) is 11.8. The minimum absolute atomic E-state index is 0.231. The van der Waals surface area contributed by atoms with Crippen LogP contribution in [-0.4, -0.2) is 30.2 Å². The van der Waals surface area contributed by atoms with Crippen molar-refractivity contribution < 1.29 is 9.13 Å². The minimum Gasteiger partial charge on any atom is -0.497 e. The minimum atomic E-state index is -0.231. The molecule has 0 atom stereocenters. The van der Waals surface area contributed by atoms with Crippen LogP contribution in [0, 0.1) is 5.82 Å². The Balaban J connectivity index is 1.68. The third-order valence-corrected chi connectivity index (χ3v) is 4.90. The highest BCUT2D eigenvalue weighted by Crippen LogP contribution is 2.28. The van der Waals surface area contributed by atoms with Gasteiger partial charge in [-0.1, -0.05) is 12.1 Å². The van der Waals surface area contributed by atoms with Crippen LogP contribution in [-0.2, 0) is 6.54 Å². The number of nitrogens with one attached hydrogen (secondary N) is 1. The lowest BCUT2D eigenvalue weighted by atomic mass is 10.1. The van der Waals surface area contributed by atoms with Gasteiger partial charge in [0, 0.05) is 31.1 Å². The quantitative estimate of drug-likeness (QED) is 0.726. The number of piperidine rings is 1. The van der Waals surface area contributed by atoms with Gasteiger partial charge in [-0.15, -0.1) is 0 Å². The molecule has 1 aliphatic rings. The molecule has 2 aromatic carbocycles. The topological polar surface area (TPSA) is 50.3 Å². The van der Waals surface area contributed by atoms with E-state index in [9.17, 15) is 4.39 Å². The molecule has 1 N–H and O–H groups in total.